The highest BCUT2D eigenvalue weighted by Crippen LogP contribution is 2.50. The van der Waals surface area contributed by atoms with Crippen LogP contribution in [0.3, 0.4) is 0 Å². The van der Waals surface area contributed by atoms with Gasteiger partial charge in [0.15, 0.2) is 0 Å². The number of sulfonamides is 1. The number of nitrogens with two attached hydrogens (primary N) is 1. The van der Waals surface area contributed by atoms with Gasteiger partial charge in [-0.05, 0) is 53.8 Å². The van der Waals surface area contributed by atoms with Gasteiger partial charge in [-0.1, -0.05) is 24.3 Å². The van der Waals surface area contributed by atoms with Gasteiger partial charge in [0.25, 0.3) is 0 Å². The van der Waals surface area contributed by atoms with Crippen molar-refractivity contribution < 1.29 is 13.2 Å². The number of primary sulfonamides is 1. The topological polar surface area (TPSA) is 81.4 Å². The van der Waals surface area contributed by atoms with Crippen LogP contribution >= 0.6 is 0 Å². The number of anilines is 1. The van der Waals surface area contributed by atoms with E-state index in [1.165, 1.54) is 5.56 Å². The maximum absolute atomic E-state index is 11.7. The number of allylic oxidation sites excluding steroid dienone is 2. The van der Waals surface area contributed by atoms with Crippen LogP contribution in [-0.2, 0) is 10.0 Å². The predicted molar refractivity (Wildman–Crippen MR) is 97.2 cm³/mol. The monoisotopic (exact) mass is 356 g/mol. The van der Waals surface area contributed by atoms with Gasteiger partial charge in [0.1, 0.15) is 5.75 Å². The van der Waals surface area contributed by atoms with Crippen LogP contribution in [0.25, 0.3) is 0 Å². The van der Waals surface area contributed by atoms with E-state index in [-0.39, 0.29) is 16.9 Å². The molecule has 3 unspecified atom stereocenters. The minimum Gasteiger partial charge on any atom is -0.497 e. The summed E-state index contributed by atoms with van der Waals surface area (Å²) in [7, 11) is -2.05. The first-order valence-electron chi connectivity index (χ1n) is 8.21. The van der Waals surface area contributed by atoms with Crippen LogP contribution in [0.15, 0.2) is 59.5 Å². The zero-order chi connectivity index (χ0) is 17.6. The SMILES string of the molecule is COc1ccc(C2Nc3ccc(S(N)(=O)=O)cc3C3C=CCC32)cc1. The van der Waals surface area contributed by atoms with Crippen LogP contribution < -0.4 is 15.2 Å². The van der Waals surface area contributed by atoms with Gasteiger partial charge in [0, 0.05) is 11.6 Å². The van der Waals surface area contributed by atoms with Crippen LogP contribution in [0, 0.1) is 5.92 Å². The first-order valence-corrected chi connectivity index (χ1v) is 9.76. The highest BCUT2D eigenvalue weighted by atomic mass is 32.2. The van der Waals surface area contributed by atoms with E-state index in [9.17, 15) is 8.42 Å². The van der Waals surface area contributed by atoms with Gasteiger partial charge < -0.3 is 10.1 Å². The Morgan fingerprint density at radius 2 is 1.92 bits per heavy atom. The zero-order valence-corrected chi connectivity index (χ0v) is 14.7. The van der Waals surface area contributed by atoms with Crippen LogP contribution in [0.2, 0.25) is 0 Å². The zero-order valence-electron chi connectivity index (χ0n) is 13.8. The van der Waals surface area contributed by atoms with E-state index in [1.54, 1.807) is 19.2 Å². The Morgan fingerprint density at radius 1 is 1.16 bits per heavy atom. The fraction of sp³-hybridized carbons (Fsp3) is 0.263. The van der Waals surface area contributed by atoms with E-state index in [2.05, 4.69) is 29.6 Å². The smallest absolute Gasteiger partial charge is 0.238 e. The Labute approximate surface area is 147 Å². The largest absolute Gasteiger partial charge is 0.497 e. The van der Waals surface area contributed by atoms with Crippen molar-refractivity contribution in [2.75, 3.05) is 12.4 Å². The van der Waals surface area contributed by atoms with Gasteiger partial charge in [0.2, 0.25) is 10.0 Å². The third kappa shape index (κ3) is 2.81. The van der Waals surface area contributed by atoms with Crippen molar-refractivity contribution in [3.8, 4) is 5.75 Å². The van der Waals surface area contributed by atoms with Gasteiger partial charge in [-0.2, -0.15) is 0 Å². The molecule has 3 N–H and O–H groups in total. The van der Waals surface area contributed by atoms with Crippen molar-refractivity contribution in [3.63, 3.8) is 0 Å². The molecule has 5 nitrogen and oxygen atoms in total. The average Bonchev–Trinajstić information content (AvgIpc) is 3.10. The van der Waals surface area contributed by atoms with Gasteiger partial charge in [-0.15, -0.1) is 0 Å². The number of fused-ring (bicyclic) bond motifs is 3. The number of ether oxygens (including phenoxy) is 1. The standard InChI is InChI=1S/C19H20N2O3S/c1-24-13-7-5-12(6-8-13)19-16-4-2-3-15(16)17-11-14(25(20,22)23)9-10-18(17)21-19/h2-3,5-11,15-16,19,21H,4H2,1H3,(H2,20,22,23). The highest BCUT2D eigenvalue weighted by molar-refractivity contribution is 7.89. The molecular weight excluding hydrogens is 336 g/mol. The molecule has 0 saturated heterocycles. The number of benzene rings is 2. The van der Waals surface area contributed by atoms with E-state index >= 15 is 0 Å². The summed E-state index contributed by atoms with van der Waals surface area (Å²) in [5.74, 6) is 1.36. The van der Waals surface area contributed by atoms with Gasteiger partial charge in [-0.3, -0.25) is 0 Å². The molecule has 2 aromatic carbocycles. The summed E-state index contributed by atoms with van der Waals surface area (Å²) in [6, 6.07) is 13.3. The Kier molecular flexibility index (Phi) is 3.81. The summed E-state index contributed by atoms with van der Waals surface area (Å²) in [6.07, 6.45) is 5.30. The molecule has 0 spiro atoms. The van der Waals surface area contributed by atoms with Crippen LogP contribution in [0.4, 0.5) is 5.69 Å². The van der Waals surface area contributed by atoms with Gasteiger partial charge >= 0.3 is 0 Å². The van der Waals surface area contributed by atoms with E-state index < -0.39 is 10.0 Å². The van der Waals surface area contributed by atoms with Gasteiger partial charge in [0.05, 0.1) is 18.0 Å². The number of hydrogen-bond acceptors (Lipinski definition) is 4. The Bertz CT molecular complexity index is 936. The molecule has 1 aliphatic heterocycles. The van der Waals surface area contributed by atoms with E-state index in [0.717, 1.165) is 23.4 Å². The summed E-state index contributed by atoms with van der Waals surface area (Å²) in [4.78, 5) is 0.162. The predicted octanol–water partition coefficient (Wildman–Crippen LogP) is 3.17. The summed E-state index contributed by atoms with van der Waals surface area (Å²) in [5.41, 5.74) is 3.15. The summed E-state index contributed by atoms with van der Waals surface area (Å²) < 4.78 is 28.6. The normalized spacial score (nSPS) is 24.3. The second-order valence-electron chi connectivity index (χ2n) is 6.54. The first-order chi connectivity index (χ1) is 12.0. The molecule has 4 rings (SSSR count). The maximum atomic E-state index is 11.7. The molecule has 3 atom stereocenters. The molecule has 25 heavy (non-hydrogen) atoms. The van der Waals surface area contributed by atoms with Crippen LogP contribution in [-0.4, -0.2) is 15.5 Å². The number of methoxy groups -OCH3 is 1. The molecule has 0 aromatic heterocycles. The molecular formula is C19H20N2O3S. The number of nitrogens with one attached hydrogen (secondary N) is 1. The minimum atomic E-state index is -3.70. The average molecular weight is 356 g/mol. The molecule has 0 fully saturated rings. The Hall–Kier alpha value is -2.31. The first kappa shape index (κ1) is 16.2. The molecule has 0 radical (unpaired) electrons. The van der Waals surface area contributed by atoms with E-state index in [1.807, 2.05) is 18.2 Å². The fourth-order valence-corrected chi connectivity index (χ4v) is 4.44. The van der Waals surface area contributed by atoms with Crippen LogP contribution in [0.5, 0.6) is 5.75 Å². The minimum absolute atomic E-state index is 0.162. The lowest BCUT2D eigenvalue weighted by atomic mass is 9.77. The quantitative estimate of drug-likeness (QED) is 0.828. The molecule has 6 heteroatoms. The summed E-state index contributed by atoms with van der Waals surface area (Å²) in [5, 5.41) is 8.88. The van der Waals surface area contributed by atoms with Crippen molar-refractivity contribution >= 4 is 15.7 Å². The van der Waals surface area contributed by atoms with Crippen molar-refractivity contribution in [1.29, 1.82) is 0 Å². The number of hydrogen-bond donors (Lipinski definition) is 2. The highest BCUT2D eigenvalue weighted by Gasteiger charge is 2.38. The molecule has 1 heterocycles. The van der Waals surface area contributed by atoms with Crippen molar-refractivity contribution in [2.24, 2.45) is 11.1 Å². The third-order valence-corrected chi connectivity index (χ3v) is 6.05. The maximum Gasteiger partial charge on any atom is 0.238 e. The van der Waals surface area contributed by atoms with Gasteiger partial charge in [-0.25, -0.2) is 13.6 Å². The lowest BCUT2D eigenvalue weighted by Crippen LogP contribution is -2.29. The second kappa shape index (κ2) is 5.89. The molecule has 0 amide bonds. The van der Waals surface area contributed by atoms with Crippen molar-refractivity contribution in [3.05, 3.63) is 65.7 Å². The molecule has 0 saturated carbocycles. The Morgan fingerprint density at radius 3 is 2.60 bits per heavy atom. The molecule has 2 aliphatic rings. The molecule has 1 aliphatic carbocycles. The van der Waals surface area contributed by atoms with Crippen LogP contribution in [0.1, 0.15) is 29.5 Å². The summed E-state index contributed by atoms with van der Waals surface area (Å²) in [6.45, 7) is 0. The third-order valence-electron chi connectivity index (χ3n) is 5.14. The lowest BCUT2D eigenvalue weighted by Gasteiger charge is -2.37. The molecule has 0 bridgehead atoms. The lowest BCUT2D eigenvalue weighted by molar-refractivity contribution is 0.411. The molecule has 2 aromatic rings. The fourth-order valence-electron chi connectivity index (χ4n) is 3.89. The summed E-state index contributed by atoms with van der Waals surface area (Å²) >= 11 is 0. The molecule has 130 valence electrons. The van der Waals surface area contributed by atoms with Crippen molar-refractivity contribution in [1.82, 2.24) is 0 Å². The van der Waals surface area contributed by atoms with Crippen molar-refractivity contribution in [2.45, 2.75) is 23.3 Å². The Balaban J connectivity index is 1.75. The second-order valence-corrected chi connectivity index (χ2v) is 8.10. The van der Waals surface area contributed by atoms with E-state index in [4.69, 9.17) is 9.88 Å². The number of rotatable bonds is 3. The van der Waals surface area contributed by atoms with E-state index in [0.29, 0.717) is 5.92 Å².